The topological polar surface area (TPSA) is 31.0 Å². The molecule has 0 fully saturated rings. The summed E-state index contributed by atoms with van der Waals surface area (Å²) >= 11 is 1.82. The van der Waals surface area contributed by atoms with Crippen LogP contribution in [0.15, 0.2) is 113 Å². The van der Waals surface area contributed by atoms with E-state index in [0.29, 0.717) is 6.54 Å². The smallest absolute Gasteiger partial charge is 0.128 e. The second-order valence-electron chi connectivity index (χ2n) is 6.85. The van der Waals surface area contributed by atoms with Crippen LogP contribution in [-0.4, -0.2) is 9.55 Å². The highest BCUT2D eigenvalue weighted by molar-refractivity contribution is 7.99. The lowest BCUT2D eigenvalue weighted by molar-refractivity contribution is 0.492. The van der Waals surface area contributed by atoms with Gasteiger partial charge in [0.25, 0.3) is 0 Å². The number of rotatable bonds is 6. The van der Waals surface area contributed by atoms with Crippen molar-refractivity contribution in [3.05, 3.63) is 120 Å². The quantitative estimate of drug-likeness (QED) is 0.305. The third kappa shape index (κ3) is 3.71. The first kappa shape index (κ1) is 17.8. The van der Waals surface area contributed by atoms with Crippen molar-refractivity contribution >= 4 is 22.8 Å². The van der Waals surface area contributed by atoms with E-state index in [1.54, 1.807) is 6.26 Å². The van der Waals surface area contributed by atoms with Crippen LogP contribution in [0.4, 0.5) is 0 Å². The fourth-order valence-corrected chi connectivity index (χ4v) is 4.72. The summed E-state index contributed by atoms with van der Waals surface area (Å²) in [6.07, 6.45) is 1.72. The average molecular weight is 397 g/mol. The van der Waals surface area contributed by atoms with E-state index < -0.39 is 0 Å². The van der Waals surface area contributed by atoms with Gasteiger partial charge in [-0.2, -0.15) is 0 Å². The molecule has 0 N–H and O–H groups in total. The molecule has 0 amide bonds. The molecule has 0 saturated carbocycles. The molecule has 5 aromatic rings. The van der Waals surface area contributed by atoms with Crippen LogP contribution in [0.25, 0.3) is 11.0 Å². The first-order valence-corrected chi connectivity index (χ1v) is 10.5. The van der Waals surface area contributed by atoms with E-state index in [4.69, 9.17) is 9.40 Å². The fourth-order valence-electron chi connectivity index (χ4n) is 3.55. The molecular weight excluding hydrogens is 376 g/mol. The van der Waals surface area contributed by atoms with E-state index in [0.717, 1.165) is 22.6 Å². The number of para-hydroxylation sites is 2. The van der Waals surface area contributed by atoms with Crippen LogP contribution in [-0.2, 0) is 6.54 Å². The van der Waals surface area contributed by atoms with E-state index in [-0.39, 0.29) is 5.25 Å². The van der Waals surface area contributed by atoms with Gasteiger partial charge in [-0.15, -0.1) is 11.8 Å². The van der Waals surface area contributed by atoms with Gasteiger partial charge in [0.2, 0.25) is 0 Å². The molecule has 0 spiro atoms. The summed E-state index contributed by atoms with van der Waals surface area (Å²) in [5.74, 6) is 1.95. The maximum atomic E-state index is 5.66. The molecule has 2 heterocycles. The van der Waals surface area contributed by atoms with Gasteiger partial charge in [-0.1, -0.05) is 60.7 Å². The Balaban J connectivity index is 1.67. The van der Waals surface area contributed by atoms with E-state index in [1.807, 2.05) is 36.0 Å². The minimum Gasteiger partial charge on any atom is -0.467 e. The second kappa shape index (κ2) is 8.02. The second-order valence-corrected chi connectivity index (χ2v) is 8.02. The highest BCUT2D eigenvalue weighted by Gasteiger charge is 2.23. The van der Waals surface area contributed by atoms with Gasteiger partial charge in [0.15, 0.2) is 0 Å². The third-order valence-corrected chi connectivity index (χ3v) is 6.18. The zero-order valence-corrected chi connectivity index (χ0v) is 16.6. The number of thioether (sulfide) groups is 1. The van der Waals surface area contributed by atoms with Crippen LogP contribution in [0, 0.1) is 0 Å². The summed E-state index contributed by atoms with van der Waals surface area (Å²) in [4.78, 5) is 6.29. The van der Waals surface area contributed by atoms with Gasteiger partial charge in [-0.05, 0) is 42.0 Å². The average Bonchev–Trinajstić information content (AvgIpc) is 3.42. The Labute approximate surface area is 174 Å². The Hall–Kier alpha value is -3.24. The molecule has 1 unspecified atom stereocenters. The Kier molecular flexibility index (Phi) is 4.93. The highest BCUT2D eigenvalue weighted by atomic mass is 32.2. The molecule has 3 nitrogen and oxygen atoms in total. The largest absolute Gasteiger partial charge is 0.467 e. The Bertz CT molecular complexity index is 1200. The summed E-state index contributed by atoms with van der Waals surface area (Å²) in [7, 11) is 0. The lowest BCUT2D eigenvalue weighted by Gasteiger charge is -2.19. The van der Waals surface area contributed by atoms with E-state index in [2.05, 4.69) is 77.4 Å². The maximum Gasteiger partial charge on any atom is 0.128 e. The van der Waals surface area contributed by atoms with Crippen LogP contribution < -0.4 is 0 Å². The Morgan fingerprint density at radius 3 is 2.28 bits per heavy atom. The monoisotopic (exact) mass is 396 g/mol. The van der Waals surface area contributed by atoms with Crippen molar-refractivity contribution in [2.24, 2.45) is 0 Å². The molecular formula is C25H20N2OS. The van der Waals surface area contributed by atoms with Crippen LogP contribution in [0.3, 0.4) is 0 Å². The van der Waals surface area contributed by atoms with Crippen molar-refractivity contribution in [1.82, 2.24) is 9.55 Å². The number of fused-ring (bicyclic) bond motifs is 1. The van der Waals surface area contributed by atoms with Gasteiger partial charge in [-0.25, -0.2) is 4.98 Å². The molecule has 0 aliphatic heterocycles. The summed E-state index contributed by atoms with van der Waals surface area (Å²) in [6.45, 7) is 0.654. The van der Waals surface area contributed by atoms with Gasteiger partial charge in [-0.3, -0.25) is 0 Å². The van der Waals surface area contributed by atoms with Crippen LogP contribution in [0.2, 0.25) is 0 Å². The Morgan fingerprint density at radius 1 is 0.793 bits per heavy atom. The molecule has 142 valence electrons. The van der Waals surface area contributed by atoms with Crippen molar-refractivity contribution in [2.75, 3.05) is 0 Å². The van der Waals surface area contributed by atoms with Crippen LogP contribution >= 0.6 is 11.8 Å². The number of hydrogen-bond donors (Lipinski definition) is 0. The van der Waals surface area contributed by atoms with Crippen molar-refractivity contribution < 1.29 is 4.42 Å². The zero-order valence-electron chi connectivity index (χ0n) is 15.8. The summed E-state index contributed by atoms with van der Waals surface area (Å²) in [5.41, 5.74) is 3.36. The normalized spacial score (nSPS) is 12.3. The summed E-state index contributed by atoms with van der Waals surface area (Å²) < 4.78 is 7.94. The molecule has 0 saturated heterocycles. The van der Waals surface area contributed by atoms with Gasteiger partial charge in [0.1, 0.15) is 11.6 Å². The van der Waals surface area contributed by atoms with Crippen molar-refractivity contribution in [3.8, 4) is 0 Å². The number of benzene rings is 3. The number of aromatic nitrogens is 2. The molecule has 0 aliphatic rings. The summed E-state index contributed by atoms with van der Waals surface area (Å²) in [5, 5.41) is 0.0703. The third-order valence-electron chi connectivity index (χ3n) is 4.91. The molecule has 2 aromatic heterocycles. The van der Waals surface area contributed by atoms with E-state index in [1.165, 1.54) is 10.5 Å². The van der Waals surface area contributed by atoms with Crippen LogP contribution in [0.1, 0.15) is 22.4 Å². The Morgan fingerprint density at radius 2 is 1.52 bits per heavy atom. The fraction of sp³-hybridized carbons (Fsp3) is 0.0800. The van der Waals surface area contributed by atoms with Crippen molar-refractivity contribution in [1.29, 1.82) is 0 Å². The lowest BCUT2D eigenvalue weighted by Crippen LogP contribution is -2.09. The molecule has 0 bridgehead atoms. The molecule has 1 atom stereocenters. The first-order chi connectivity index (χ1) is 14.4. The number of nitrogens with zero attached hydrogens (tertiary/aromatic N) is 2. The van der Waals surface area contributed by atoms with Gasteiger partial charge < -0.3 is 8.98 Å². The number of furan rings is 1. The molecule has 0 aliphatic carbocycles. The van der Waals surface area contributed by atoms with Crippen molar-refractivity contribution in [3.63, 3.8) is 0 Å². The minimum absolute atomic E-state index is 0.0703. The molecule has 5 rings (SSSR count). The SMILES string of the molecule is c1ccc(SC(c2ccccc2)c2nc3ccccc3n2Cc2ccco2)cc1. The number of hydrogen-bond acceptors (Lipinski definition) is 3. The number of imidazole rings is 1. The van der Waals surface area contributed by atoms with E-state index >= 15 is 0 Å². The zero-order chi connectivity index (χ0) is 19.5. The predicted octanol–water partition coefficient (Wildman–Crippen LogP) is 6.56. The maximum absolute atomic E-state index is 5.66. The first-order valence-electron chi connectivity index (χ1n) is 9.63. The minimum atomic E-state index is 0.0703. The standard InChI is InChI=1S/C25H20N2OS/c1-3-10-19(11-4-1)24(29-21-13-5-2-6-14-21)25-26-22-15-7-8-16-23(22)27(25)18-20-12-9-17-28-20/h1-17,24H,18H2. The van der Waals surface area contributed by atoms with Crippen LogP contribution in [0.5, 0.6) is 0 Å². The van der Waals surface area contributed by atoms with Crippen molar-refractivity contribution in [2.45, 2.75) is 16.7 Å². The predicted molar refractivity (Wildman–Crippen MR) is 118 cm³/mol. The van der Waals surface area contributed by atoms with Gasteiger partial charge in [0, 0.05) is 4.90 Å². The lowest BCUT2D eigenvalue weighted by atomic mass is 10.1. The van der Waals surface area contributed by atoms with Gasteiger partial charge >= 0.3 is 0 Å². The molecule has 29 heavy (non-hydrogen) atoms. The molecule has 0 radical (unpaired) electrons. The summed E-state index contributed by atoms with van der Waals surface area (Å²) in [6, 6.07) is 33.4. The van der Waals surface area contributed by atoms with E-state index in [9.17, 15) is 0 Å². The molecule has 4 heteroatoms. The highest BCUT2D eigenvalue weighted by Crippen LogP contribution is 2.41. The van der Waals surface area contributed by atoms with Gasteiger partial charge in [0.05, 0.1) is 29.1 Å². The molecule has 3 aromatic carbocycles.